The third-order valence-corrected chi connectivity index (χ3v) is 5.92. The maximum Gasteiger partial charge on any atom is 0.258 e. The van der Waals surface area contributed by atoms with E-state index in [1.165, 1.54) is 0 Å². The van der Waals surface area contributed by atoms with Crippen molar-refractivity contribution in [1.82, 2.24) is 14.9 Å². The number of nitrogens with zero attached hydrogens (tertiary/aromatic N) is 4. The minimum atomic E-state index is -0.0152. The first-order valence-electron chi connectivity index (χ1n) is 9.35. The van der Waals surface area contributed by atoms with Gasteiger partial charge in [-0.3, -0.25) is 4.79 Å². The van der Waals surface area contributed by atoms with E-state index in [-0.39, 0.29) is 18.0 Å². The number of amides is 1. The zero-order valence-corrected chi connectivity index (χ0v) is 15.9. The summed E-state index contributed by atoms with van der Waals surface area (Å²) in [6.45, 7) is 1.78. The summed E-state index contributed by atoms with van der Waals surface area (Å²) in [6.07, 6.45) is 3.96. The molecule has 2 atom stereocenters. The maximum atomic E-state index is 12.6. The molecule has 0 radical (unpaired) electrons. The van der Waals surface area contributed by atoms with E-state index in [0.29, 0.717) is 41.9 Å². The Balaban J connectivity index is 1.33. The van der Waals surface area contributed by atoms with Crippen LogP contribution in [-0.4, -0.2) is 46.1 Å². The third-order valence-electron chi connectivity index (χ3n) is 5.70. The Hall–Kier alpha value is -2.69. The number of anilines is 1. The average Bonchev–Trinajstić information content (AvgIpc) is 3.40. The van der Waals surface area contributed by atoms with Gasteiger partial charge in [0, 0.05) is 23.9 Å². The van der Waals surface area contributed by atoms with Crippen molar-refractivity contribution in [3.8, 4) is 6.07 Å². The van der Waals surface area contributed by atoms with Crippen LogP contribution in [0, 0.1) is 11.3 Å². The molecule has 5 rings (SSSR count). The molecule has 1 amide bonds. The Kier molecular flexibility index (Phi) is 4.18. The molecule has 3 aliphatic rings. The van der Waals surface area contributed by atoms with Gasteiger partial charge >= 0.3 is 0 Å². The first-order valence-corrected chi connectivity index (χ1v) is 9.72. The van der Waals surface area contributed by atoms with Gasteiger partial charge in [0.1, 0.15) is 0 Å². The number of carbonyl (C=O) groups is 1. The second kappa shape index (κ2) is 6.73. The van der Waals surface area contributed by atoms with E-state index in [0.717, 1.165) is 36.1 Å². The summed E-state index contributed by atoms with van der Waals surface area (Å²) >= 11 is 6.12. The molecule has 2 aliphatic heterocycles. The Bertz CT molecular complexity index is 1010. The minimum Gasteiger partial charge on any atom is -0.379 e. The molecule has 1 aromatic heterocycles. The van der Waals surface area contributed by atoms with Gasteiger partial charge in [-0.25, -0.2) is 9.97 Å². The van der Waals surface area contributed by atoms with Crippen molar-refractivity contribution in [1.29, 1.82) is 5.26 Å². The molecule has 0 saturated carbocycles. The molecular weight excluding hydrogens is 378 g/mol. The van der Waals surface area contributed by atoms with Crippen LogP contribution < -0.4 is 5.32 Å². The highest BCUT2D eigenvalue weighted by Gasteiger charge is 2.36. The van der Waals surface area contributed by atoms with Crippen LogP contribution in [0.15, 0.2) is 18.3 Å². The van der Waals surface area contributed by atoms with E-state index in [1.54, 1.807) is 12.3 Å². The largest absolute Gasteiger partial charge is 0.379 e. The van der Waals surface area contributed by atoms with Crippen molar-refractivity contribution in [2.75, 3.05) is 18.5 Å². The summed E-state index contributed by atoms with van der Waals surface area (Å²) in [4.78, 5) is 23.4. The number of ether oxygens (including phenoxy) is 1. The topological polar surface area (TPSA) is 91.1 Å². The first kappa shape index (κ1) is 17.4. The van der Waals surface area contributed by atoms with Gasteiger partial charge < -0.3 is 15.0 Å². The van der Waals surface area contributed by atoms with Crippen LogP contribution in [0.1, 0.15) is 39.2 Å². The van der Waals surface area contributed by atoms with E-state index in [9.17, 15) is 10.1 Å². The van der Waals surface area contributed by atoms with Gasteiger partial charge in [-0.15, -0.1) is 0 Å². The van der Waals surface area contributed by atoms with Crippen LogP contribution in [0.4, 0.5) is 5.95 Å². The lowest BCUT2D eigenvalue weighted by Crippen LogP contribution is -2.35. The number of halogens is 1. The molecule has 0 bridgehead atoms. The Morgan fingerprint density at radius 3 is 3.04 bits per heavy atom. The van der Waals surface area contributed by atoms with Crippen LogP contribution in [0.3, 0.4) is 0 Å². The van der Waals surface area contributed by atoms with Gasteiger partial charge in [0.2, 0.25) is 5.95 Å². The van der Waals surface area contributed by atoms with Gasteiger partial charge in [0.25, 0.3) is 5.91 Å². The summed E-state index contributed by atoms with van der Waals surface area (Å²) < 4.78 is 5.41. The van der Waals surface area contributed by atoms with E-state index >= 15 is 0 Å². The fourth-order valence-corrected chi connectivity index (χ4v) is 4.56. The van der Waals surface area contributed by atoms with Crippen LogP contribution in [-0.2, 0) is 24.1 Å². The zero-order chi connectivity index (χ0) is 19.3. The number of benzene rings is 1. The van der Waals surface area contributed by atoms with E-state index < -0.39 is 0 Å². The number of fused-ring (bicyclic) bond motifs is 2. The van der Waals surface area contributed by atoms with Crippen molar-refractivity contribution in [3.63, 3.8) is 0 Å². The van der Waals surface area contributed by atoms with Crippen LogP contribution in [0.2, 0.25) is 5.02 Å². The normalized spacial score (nSPS) is 22.9. The molecule has 142 valence electrons. The molecule has 7 nitrogen and oxygen atoms in total. The molecule has 1 unspecified atom stereocenters. The summed E-state index contributed by atoms with van der Waals surface area (Å²) in [5, 5.41) is 13.3. The number of aromatic nitrogens is 2. The fraction of sp³-hybridized carbons (Fsp3) is 0.400. The van der Waals surface area contributed by atoms with Crippen molar-refractivity contribution >= 4 is 23.5 Å². The molecule has 8 heteroatoms. The first-order chi connectivity index (χ1) is 13.6. The third kappa shape index (κ3) is 2.89. The summed E-state index contributed by atoms with van der Waals surface area (Å²) in [7, 11) is 0. The lowest BCUT2D eigenvalue weighted by atomic mass is 10.0. The van der Waals surface area contributed by atoms with Gasteiger partial charge in [0.15, 0.2) is 0 Å². The van der Waals surface area contributed by atoms with Crippen molar-refractivity contribution < 1.29 is 9.53 Å². The highest BCUT2D eigenvalue weighted by Crippen LogP contribution is 2.31. The van der Waals surface area contributed by atoms with Crippen LogP contribution in [0.25, 0.3) is 0 Å². The minimum absolute atomic E-state index is 0.0152. The predicted octanol–water partition coefficient (Wildman–Crippen LogP) is 2.33. The van der Waals surface area contributed by atoms with Gasteiger partial charge in [0.05, 0.1) is 42.1 Å². The highest BCUT2D eigenvalue weighted by molar-refractivity contribution is 6.30. The molecule has 1 saturated heterocycles. The zero-order valence-electron chi connectivity index (χ0n) is 15.1. The highest BCUT2D eigenvalue weighted by atomic mass is 35.5. The summed E-state index contributed by atoms with van der Waals surface area (Å²) in [6, 6.07) is 6.07. The molecule has 28 heavy (non-hydrogen) atoms. The van der Waals surface area contributed by atoms with Gasteiger partial charge in [-0.05, 0) is 42.5 Å². The molecule has 1 aromatic carbocycles. The second-order valence-electron chi connectivity index (χ2n) is 7.46. The average molecular weight is 396 g/mol. The molecule has 3 heterocycles. The quantitative estimate of drug-likeness (QED) is 0.857. The number of hydrogen-bond acceptors (Lipinski definition) is 6. The molecule has 0 spiro atoms. The van der Waals surface area contributed by atoms with Gasteiger partial charge in [-0.2, -0.15) is 5.26 Å². The molecular formula is C20H18ClN5O2. The lowest BCUT2D eigenvalue weighted by molar-refractivity contribution is 0.0678. The Labute approximate surface area is 167 Å². The maximum absolute atomic E-state index is 12.6. The fourth-order valence-electron chi connectivity index (χ4n) is 4.32. The molecule has 1 N–H and O–H groups in total. The van der Waals surface area contributed by atoms with Crippen molar-refractivity contribution in [2.45, 2.75) is 37.9 Å². The second-order valence-corrected chi connectivity index (χ2v) is 7.89. The number of carbonyl (C=O) groups excluding carboxylic acids is 1. The number of hydrogen-bond donors (Lipinski definition) is 1. The van der Waals surface area contributed by atoms with Gasteiger partial charge in [-0.1, -0.05) is 11.6 Å². The smallest absolute Gasteiger partial charge is 0.258 e. The number of nitriles is 1. The number of rotatable bonds is 3. The lowest BCUT2D eigenvalue weighted by Gasteiger charge is -2.21. The molecule has 2 aromatic rings. The Morgan fingerprint density at radius 2 is 2.25 bits per heavy atom. The number of nitrogens with one attached hydrogen (secondary N) is 1. The van der Waals surface area contributed by atoms with E-state index in [2.05, 4.69) is 21.4 Å². The SMILES string of the molecule is N#Cc1cc(Cl)cc2c1C[C@@H](Nc1ncc3c(n1)CN(C1CCOC1)C3=O)C2. The Morgan fingerprint density at radius 1 is 1.36 bits per heavy atom. The molecule has 1 fully saturated rings. The van der Waals surface area contributed by atoms with E-state index in [1.807, 2.05) is 11.0 Å². The standard InChI is InChI=1S/C20H18ClN5O2/c21-13-3-11-5-14(6-16(11)12(4-13)7-22)24-20-23-8-17-18(25-20)9-26(19(17)27)15-1-2-28-10-15/h3-4,8,14-15H,1-2,5-6,9-10H2,(H,23,24,25)/t14-,15?/m0/s1. The molecule has 1 aliphatic carbocycles. The van der Waals surface area contributed by atoms with Crippen molar-refractivity contribution in [2.24, 2.45) is 0 Å². The van der Waals surface area contributed by atoms with E-state index in [4.69, 9.17) is 16.3 Å². The van der Waals surface area contributed by atoms with Crippen molar-refractivity contribution in [3.05, 3.63) is 51.3 Å². The predicted molar refractivity (Wildman–Crippen MR) is 102 cm³/mol. The van der Waals surface area contributed by atoms with Crippen LogP contribution in [0.5, 0.6) is 0 Å². The monoisotopic (exact) mass is 395 g/mol. The van der Waals surface area contributed by atoms with Crippen LogP contribution >= 0.6 is 11.6 Å². The summed E-state index contributed by atoms with van der Waals surface area (Å²) in [5.41, 5.74) is 4.08. The summed E-state index contributed by atoms with van der Waals surface area (Å²) in [5.74, 6) is 0.497.